The van der Waals surface area contributed by atoms with Crippen molar-refractivity contribution in [1.29, 1.82) is 0 Å². The molecule has 3 aromatic rings. The summed E-state index contributed by atoms with van der Waals surface area (Å²) in [5.41, 5.74) is 2.67. The largest absolute Gasteiger partial charge is 0.463 e. The Kier molecular flexibility index (Phi) is 5.27. The quantitative estimate of drug-likeness (QED) is 0.379. The van der Waals surface area contributed by atoms with Gasteiger partial charge in [-0.3, -0.25) is 9.38 Å². The monoisotopic (exact) mass is 361 g/mol. The number of hydrogen-bond donors (Lipinski definition) is 0. The Morgan fingerprint density at radius 3 is 3.12 bits per heavy atom. The highest BCUT2D eigenvalue weighted by molar-refractivity contribution is 7.15. The molecule has 0 aliphatic heterocycles. The van der Waals surface area contributed by atoms with E-state index >= 15 is 0 Å². The maximum atomic E-state index is 11.8. The van der Waals surface area contributed by atoms with E-state index in [1.807, 2.05) is 41.1 Å². The molecule has 0 atom stereocenters. The lowest BCUT2D eigenvalue weighted by atomic mass is 10.2. The summed E-state index contributed by atoms with van der Waals surface area (Å²) >= 11 is 7.55. The summed E-state index contributed by atoms with van der Waals surface area (Å²) in [4.78, 5) is 21.2. The van der Waals surface area contributed by atoms with Gasteiger partial charge < -0.3 is 4.74 Å². The van der Waals surface area contributed by atoms with Gasteiger partial charge in [0.1, 0.15) is 0 Å². The summed E-state index contributed by atoms with van der Waals surface area (Å²) in [6, 6.07) is 5.91. The number of aryl methyl sites for hydroxylation is 2. The molecule has 0 aliphatic carbocycles. The number of halogens is 1. The Balaban J connectivity index is 1.49. The summed E-state index contributed by atoms with van der Waals surface area (Å²) in [5, 5.41) is 2.28. The third kappa shape index (κ3) is 4.01. The molecule has 124 valence electrons. The van der Waals surface area contributed by atoms with Gasteiger partial charge in [0.15, 0.2) is 10.1 Å². The molecule has 0 saturated carbocycles. The molecule has 24 heavy (non-hydrogen) atoms. The standard InChI is InChI=1S/C17H16ClN3O2S/c1-12-4-2-5-13(19-12)6-3-10-23-15(22)8-7-14-16(18)20-17-21(14)9-11-24-17/h2,4-5,7-9,11H,3,6,10H2,1H3/b8-7+. The Morgan fingerprint density at radius 1 is 1.42 bits per heavy atom. The van der Waals surface area contributed by atoms with Crippen LogP contribution in [-0.2, 0) is 16.0 Å². The summed E-state index contributed by atoms with van der Waals surface area (Å²) < 4.78 is 7.04. The fourth-order valence-electron chi connectivity index (χ4n) is 2.29. The van der Waals surface area contributed by atoms with Crippen LogP contribution in [0.4, 0.5) is 0 Å². The van der Waals surface area contributed by atoms with Crippen molar-refractivity contribution in [3.8, 4) is 0 Å². The van der Waals surface area contributed by atoms with Crippen molar-refractivity contribution in [2.75, 3.05) is 6.61 Å². The van der Waals surface area contributed by atoms with Gasteiger partial charge in [0.25, 0.3) is 0 Å². The van der Waals surface area contributed by atoms with E-state index in [0.29, 0.717) is 17.5 Å². The van der Waals surface area contributed by atoms with Crippen molar-refractivity contribution in [2.24, 2.45) is 0 Å². The first-order valence-corrected chi connectivity index (χ1v) is 8.77. The first-order chi connectivity index (χ1) is 11.6. The van der Waals surface area contributed by atoms with E-state index < -0.39 is 5.97 Å². The molecular formula is C17H16ClN3O2S. The Morgan fingerprint density at radius 2 is 2.29 bits per heavy atom. The van der Waals surface area contributed by atoms with Gasteiger partial charge in [-0.15, -0.1) is 11.3 Å². The van der Waals surface area contributed by atoms with E-state index in [4.69, 9.17) is 16.3 Å². The van der Waals surface area contributed by atoms with E-state index in [1.54, 1.807) is 6.08 Å². The van der Waals surface area contributed by atoms with Gasteiger partial charge >= 0.3 is 5.97 Å². The zero-order valence-corrected chi connectivity index (χ0v) is 14.7. The number of fused-ring (bicyclic) bond motifs is 1. The highest BCUT2D eigenvalue weighted by atomic mass is 35.5. The minimum absolute atomic E-state index is 0.354. The molecule has 7 heteroatoms. The Bertz CT molecular complexity index is 885. The van der Waals surface area contributed by atoms with E-state index in [1.165, 1.54) is 17.4 Å². The van der Waals surface area contributed by atoms with Crippen LogP contribution in [0.25, 0.3) is 11.0 Å². The molecule has 5 nitrogen and oxygen atoms in total. The van der Waals surface area contributed by atoms with Crippen LogP contribution in [0.1, 0.15) is 23.5 Å². The fraction of sp³-hybridized carbons (Fsp3) is 0.235. The third-order valence-electron chi connectivity index (χ3n) is 3.40. The molecule has 0 radical (unpaired) electrons. The van der Waals surface area contributed by atoms with E-state index in [9.17, 15) is 4.79 Å². The Labute approximate surface area is 148 Å². The maximum Gasteiger partial charge on any atom is 0.330 e. The maximum absolute atomic E-state index is 11.8. The number of hydrogen-bond acceptors (Lipinski definition) is 5. The van der Waals surface area contributed by atoms with E-state index in [-0.39, 0.29) is 0 Å². The van der Waals surface area contributed by atoms with Crippen molar-refractivity contribution < 1.29 is 9.53 Å². The lowest BCUT2D eigenvalue weighted by Crippen LogP contribution is -2.04. The van der Waals surface area contributed by atoms with E-state index in [2.05, 4.69) is 9.97 Å². The number of thiazole rings is 1. The zero-order valence-electron chi connectivity index (χ0n) is 13.1. The highest BCUT2D eigenvalue weighted by Crippen LogP contribution is 2.22. The molecule has 0 unspecified atom stereocenters. The second-order valence-electron chi connectivity index (χ2n) is 5.22. The van der Waals surface area contributed by atoms with Crippen molar-refractivity contribution >= 4 is 39.9 Å². The van der Waals surface area contributed by atoms with Gasteiger partial charge in [0.2, 0.25) is 0 Å². The molecule has 0 spiro atoms. The second-order valence-corrected chi connectivity index (χ2v) is 6.45. The van der Waals surface area contributed by atoms with Crippen molar-refractivity contribution in [3.63, 3.8) is 0 Å². The summed E-state index contributed by atoms with van der Waals surface area (Å²) in [5.74, 6) is -0.395. The molecule has 3 heterocycles. The van der Waals surface area contributed by atoms with E-state index in [0.717, 1.165) is 29.2 Å². The lowest BCUT2D eigenvalue weighted by molar-refractivity contribution is -0.137. The normalized spacial score (nSPS) is 11.4. The molecule has 0 N–H and O–H groups in total. The van der Waals surface area contributed by atoms with Crippen LogP contribution in [0.5, 0.6) is 0 Å². The Hall–Kier alpha value is -2.18. The molecule has 3 rings (SSSR count). The smallest absolute Gasteiger partial charge is 0.330 e. The van der Waals surface area contributed by atoms with Crippen LogP contribution in [0.15, 0.2) is 35.9 Å². The van der Waals surface area contributed by atoms with Crippen LogP contribution < -0.4 is 0 Å². The average molecular weight is 362 g/mol. The van der Waals surface area contributed by atoms with Crippen LogP contribution >= 0.6 is 22.9 Å². The predicted octanol–water partition coefficient (Wildman–Crippen LogP) is 3.94. The number of aromatic nitrogens is 3. The van der Waals surface area contributed by atoms with Gasteiger partial charge in [-0.2, -0.15) is 0 Å². The number of carbonyl (C=O) groups is 1. The molecule has 0 amide bonds. The van der Waals surface area contributed by atoms with Crippen molar-refractivity contribution in [2.45, 2.75) is 19.8 Å². The molecule has 0 bridgehead atoms. The topological polar surface area (TPSA) is 56.5 Å². The number of imidazole rings is 1. The number of pyridine rings is 1. The van der Waals surface area contributed by atoms with Gasteiger partial charge in [-0.25, -0.2) is 9.78 Å². The van der Waals surface area contributed by atoms with Crippen LogP contribution in [0, 0.1) is 6.92 Å². The number of ether oxygens (including phenoxy) is 1. The van der Waals surface area contributed by atoms with Gasteiger partial charge in [-0.1, -0.05) is 17.7 Å². The lowest BCUT2D eigenvalue weighted by Gasteiger charge is -2.03. The molecule has 0 fully saturated rings. The molecule has 0 saturated heterocycles. The third-order valence-corrected chi connectivity index (χ3v) is 4.43. The van der Waals surface area contributed by atoms with Gasteiger partial charge in [0.05, 0.1) is 12.3 Å². The van der Waals surface area contributed by atoms with Crippen LogP contribution in [0.3, 0.4) is 0 Å². The fourth-order valence-corrected chi connectivity index (χ4v) is 3.29. The van der Waals surface area contributed by atoms with Crippen LogP contribution in [-0.4, -0.2) is 26.9 Å². The highest BCUT2D eigenvalue weighted by Gasteiger charge is 2.09. The predicted molar refractivity (Wildman–Crippen MR) is 95.4 cm³/mol. The molecule has 3 aromatic heterocycles. The first-order valence-electron chi connectivity index (χ1n) is 7.52. The molecular weight excluding hydrogens is 346 g/mol. The number of rotatable bonds is 6. The first kappa shape index (κ1) is 16.7. The number of nitrogens with zero attached hydrogens (tertiary/aromatic N) is 3. The SMILES string of the molecule is Cc1cccc(CCCOC(=O)/C=C/c2c(Cl)nc3sccn23)n1. The summed E-state index contributed by atoms with van der Waals surface area (Å²) in [7, 11) is 0. The zero-order chi connectivity index (χ0) is 16.9. The molecule has 0 aliphatic rings. The number of esters is 1. The number of carbonyl (C=O) groups excluding carboxylic acids is 1. The molecule has 0 aromatic carbocycles. The minimum Gasteiger partial charge on any atom is -0.463 e. The van der Waals surface area contributed by atoms with Crippen molar-refractivity contribution in [1.82, 2.24) is 14.4 Å². The van der Waals surface area contributed by atoms with Gasteiger partial charge in [-0.05, 0) is 38.0 Å². The van der Waals surface area contributed by atoms with Crippen LogP contribution in [0.2, 0.25) is 5.15 Å². The second kappa shape index (κ2) is 7.59. The summed E-state index contributed by atoms with van der Waals surface area (Å²) in [6.07, 6.45) is 6.37. The average Bonchev–Trinajstić information content (AvgIpc) is 3.10. The van der Waals surface area contributed by atoms with Gasteiger partial charge in [0, 0.05) is 29.0 Å². The minimum atomic E-state index is -0.395. The summed E-state index contributed by atoms with van der Waals surface area (Å²) in [6.45, 7) is 2.31. The van der Waals surface area contributed by atoms with Crippen molar-refractivity contribution in [3.05, 3.63) is 58.1 Å².